The summed E-state index contributed by atoms with van der Waals surface area (Å²) >= 11 is 3.43. The Labute approximate surface area is 116 Å². The van der Waals surface area contributed by atoms with E-state index in [1.165, 1.54) is 0 Å². The van der Waals surface area contributed by atoms with Crippen LogP contribution in [0.1, 0.15) is 13.8 Å². The Kier molecular flexibility index (Phi) is 4.47. The topological polar surface area (TPSA) is 45.7 Å². The fourth-order valence-electron chi connectivity index (χ4n) is 1.71. The van der Waals surface area contributed by atoms with Crippen molar-refractivity contribution in [2.45, 2.75) is 26.0 Å². The van der Waals surface area contributed by atoms with Crippen LogP contribution < -0.4 is 15.4 Å². The van der Waals surface area contributed by atoms with Gasteiger partial charge in [0.25, 0.3) is 0 Å². The van der Waals surface area contributed by atoms with Gasteiger partial charge in [0.15, 0.2) is 5.96 Å². The minimum absolute atomic E-state index is 0.0831. The van der Waals surface area contributed by atoms with Gasteiger partial charge in [-0.15, -0.1) is 0 Å². The highest BCUT2D eigenvalue weighted by Crippen LogP contribution is 2.18. The molecule has 0 bridgehead atoms. The fourth-order valence-corrected chi connectivity index (χ4v) is 2.09. The molecule has 0 radical (unpaired) electrons. The molecule has 4 nitrogen and oxygen atoms in total. The maximum Gasteiger partial charge on any atom is 0.191 e. The van der Waals surface area contributed by atoms with E-state index in [2.05, 4.69) is 38.5 Å². The third kappa shape index (κ3) is 3.91. The quantitative estimate of drug-likeness (QED) is 0.895. The van der Waals surface area contributed by atoms with Gasteiger partial charge in [0.05, 0.1) is 13.1 Å². The van der Waals surface area contributed by atoms with E-state index in [4.69, 9.17) is 4.74 Å². The second kappa shape index (κ2) is 6.09. The summed E-state index contributed by atoms with van der Waals surface area (Å²) in [6.07, 6.45) is 0.0831. The first-order valence-electron chi connectivity index (χ1n) is 6.10. The monoisotopic (exact) mass is 311 g/mol. The van der Waals surface area contributed by atoms with Crippen LogP contribution in [0.3, 0.4) is 0 Å². The molecule has 1 heterocycles. The molecule has 2 unspecified atom stereocenters. The van der Waals surface area contributed by atoms with E-state index in [1.54, 1.807) is 0 Å². The van der Waals surface area contributed by atoms with Crippen LogP contribution in [0, 0.1) is 0 Å². The molecule has 1 aromatic carbocycles. The number of aliphatic imine (C=N–C) groups is 1. The van der Waals surface area contributed by atoms with Crippen LogP contribution in [0.5, 0.6) is 5.75 Å². The molecule has 2 atom stereocenters. The number of halogens is 1. The number of rotatable bonds is 4. The van der Waals surface area contributed by atoms with Crippen LogP contribution in [0.15, 0.2) is 33.7 Å². The summed E-state index contributed by atoms with van der Waals surface area (Å²) in [6.45, 7) is 5.71. The second-order valence-corrected chi connectivity index (χ2v) is 5.42. The van der Waals surface area contributed by atoms with Crippen molar-refractivity contribution in [3.63, 3.8) is 0 Å². The molecule has 0 saturated heterocycles. The summed E-state index contributed by atoms with van der Waals surface area (Å²) in [5, 5.41) is 6.51. The standard InChI is InChI=1S/C13H18BrN3O/c1-9-7-15-13(17-9)16-8-10(2)18-12-5-3-4-11(14)6-12/h3-6,9-10H,7-8H2,1-2H3,(H2,15,16,17). The van der Waals surface area contributed by atoms with Gasteiger partial charge in [-0.2, -0.15) is 0 Å². The smallest absolute Gasteiger partial charge is 0.191 e. The van der Waals surface area contributed by atoms with Gasteiger partial charge in [0.2, 0.25) is 0 Å². The van der Waals surface area contributed by atoms with Gasteiger partial charge in [-0.1, -0.05) is 22.0 Å². The van der Waals surface area contributed by atoms with Crippen LogP contribution in [0.25, 0.3) is 0 Å². The highest BCUT2D eigenvalue weighted by molar-refractivity contribution is 9.10. The fraction of sp³-hybridized carbons (Fsp3) is 0.462. The van der Waals surface area contributed by atoms with Crippen molar-refractivity contribution >= 4 is 21.9 Å². The molecule has 98 valence electrons. The van der Waals surface area contributed by atoms with Crippen molar-refractivity contribution < 1.29 is 4.74 Å². The van der Waals surface area contributed by atoms with Gasteiger partial charge in [0, 0.05) is 10.5 Å². The minimum Gasteiger partial charge on any atom is -0.489 e. The molecular formula is C13H18BrN3O. The van der Waals surface area contributed by atoms with E-state index in [0.29, 0.717) is 6.04 Å². The molecule has 2 N–H and O–H groups in total. The molecule has 18 heavy (non-hydrogen) atoms. The Morgan fingerprint density at radius 1 is 1.61 bits per heavy atom. The Hall–Kier alpha value is -1.23. The summed E-state index contributed by atoms with van der Waals surface area (Å²) in [5.74, 6) is 1.74. The van der Waals surface area contributed by atoms with Crippen LogP contribution in [-0.4, -0.2) is 31.2 Å². The lowest BCUT2D eigenvalue weighted by molar-refractivity contribution is 0.224. The van der Waals surface area contributed by atoms with Gasteiger partial charge >= 0.3 is 0 Å². The summed E-state index contributed by atoms with van der Waals surface area (Å²) in [5.41, 5.74) is 0. The normalized spacial score (nSPS) is 19.9. The van der Waals surface area contributed by atoms with Crippen molar-refractivity contribution in [2.75, 3.05) is 13.1 Å². The largest absolute Gasteiger partial charge is 0.489 e. The Morgan fingerprint density at radius 3 is 3.11 bits per heavy atom. The number of benzene rings is 1. The average Bonchev–Trinajstić information content (AvgIpc) is 2.73. The lowest BCUT2D eigenvalue weighted by Gasteiger charge is -2.16. The highest BCUT2D eigenvalue weighted by atomic mass is 79.9. The zero-order chi connectivity index (χ0) is 13.0. The number of nitrogens with zero attached hydrogens (tertiary/aromatic N) is 1. The Bertz CT molecular complexity index is 436. The van der Waals surface area contributed by atoms with E-state index in [1.807, 2.05) is 31.2 Å². The molecule has 1 aliphatic rings. The predicted octanol–water partition coefficient (Wildman–Crippen LogP) is 2.15. The molecule has 1 aliphatic heterocycles. The van der Waals surface area contributed by atoms with Crippen LogP contribution in [-0.2, 0) is 0 Å². The lowest BCUT2D eigenvalue weighted by atomic mass is 10.3. The van der Waals surface area contributed by atoms with Crippen LogP contribution >= 0.6 is 15.9 Å². The maximum absolute atomic E-state index is 5.81. The van der Waals surface area contributed by atoms with Crippen LogP contribution in [0.2, 0.25) is 0 Å². The molecule has 0 amide bonds. The molecule has 0 fully saturated rings. The maximum atomic E-state index is 5.81. The molecule has 1 aromatic rings. The summed E-state index contributed by atoms with van der Waals surface area (Å²) in [4.78, 5) is 4.34. The van der Waals surface area contributed by atoms with Crippen molar-refractivity contribution in [3.8, 4) is 5.75 Å². The molecule has 0 aliphatic carbocycles. The van der Waals surface area contributed by atoms with E-state index < -0.39 is 0 Å². The zero-order valence-electron chi connectivity index (χ0n) is 10.6. The summed E-state index contributed by atoms with van der Waals surface area (Å²) < 4.78 is 6.83. The molecule has 0 aromatic heterocycles. The predicted molar refractivity (Wildman–Crippen MR) is 77.1 cm³/mol. The van der Waals surface area contributed by atoms with Gasteiger partial charge in [-0.25, -0.2) is 0 Å². The number of ether oxygens (including phenoxy) is 1. The van der Waals surface area contributed by atoms with Gasteiger partial charge in [-0.3, -0.25) is 4.99 Å². The van der Waals surface area contributed by atoms with Crippen molar-refractivity contribution in [1.82, 2.24) is 10.6 Å². The molecule has 2 rings (SSSR count). The zero-order valence-corrected chi connectivity index (χ0v) is 12.2. The average molecular weight is 312 g/mol. The number of nitrogens with one attached hydrogen (secondary N) is 2. The Morgan fingerprint density at radius 2 is 2.44 bits per heavy atom. The Balaban J connectivity index is 1.77. The SMILES string of the molecule is CC1CN=C(NCC(C)Oc2cccc(Br)c2)N1. The van der Waals surface area contributed by atoms with Crippen molar-refractivity contribution in [2.24, 2.45) is 4.99 Å². The highest BCUT2D eigenvalue weighted by Gasteiger charge is 2.13. The van der Waals surface area contributed by atoms with Gasteiger partial charge in [-0.05, 0) is 32.0 Å². The van der Waals surface area contributed by atoms with Crippen LogP contribution in [0.4, 0.5) is 0 Å². The number of guanidine groups is 1. The number of hydrogen-bond acceptors (Lipinski definition) is 4. The third-order valence-electron chi connectivity index (χ3n) is 2.60. The molecule has 5 heteroatoms. The first-order valence-corrected chi connectivity index (χ1v) is 6.90. The summed E-state index contributed by atoms with van der Waals surface area (Å²) in [6, 6.07) is 8.28. The molecular weight excluding hydrogens is 294 g/mol. The van der Waals surface area contributed by atoms with Gasteiger partial charge in [0.1, 0.15) is 11.9 Å². The van der Waals surface area contributed by atoms with Crippen molar-refractivity contribution in [1.29, 1.82) is 0 Å². The second-order valence-electron chi connectivity index (χ2n) is 4.50. The minimum atomic E-state index is 0.0831. The first kappa shape index (κ1) is 13.2. The van der Waals surface area contributed by atoms with Gasteiger partial charge < -0.3 is 15.4 Å². The van der Waals surface area contributed by atoms with E-state index in [-0.39, 0.29) is 6.10 Å². The van der Waals surface area contributed by atoms with Crippen molar-refractivity contribution in [3.05, 3.63) is 28.7 Å². The third-order valence-corrected chi connectivity index (χ3v) is 3.09. The van der Waals surface area contributed by atoms with E-state index >= 15 is 0 Å². The molecule has 0 spiro atoms. The van der Waals surface area contributed by atoms with E-state index in [9.17, 15) is 0 Å². The lowest BCUT2D eigenvalue weighted by Crippen LogP contribution is -2.41. The van der Waals surface area contributed by atoms with E-state index in [0.717, 1.165) is 29.3 Å². The summed E-state index contributed by atoms with van der Waals surface area (Å²) in [7, 11) is 0. The number of hydrogen-bond donors (Lipinski definition) is 2. The molecule has 0 saturated carbocycles. The first-order chi connectivity index (χ1) is 8.63.